The summed E-state index contributed by atoms with van der Waals surface area (Å²) in [4.78, 5) is 20.5. The Morgan fingerprint density at radius 2 is 2.13 bits per heavy atom. The van der Waals surface area contributed by atoms with Crippen molar-refractivity contribution in [2.45, 2.75) is 39.2 Å². The highest BCUT2D eigenvalue weighted by molar-refractivity contribution is 5.73. The zero-order valence-corrected chi connectivity index (χ0v) is 14.5. The fraction of sp³-hybridized carbons (Fsp3) is 0.667. The van der Waals surface area contributed by atoms with Gasteiger partial charge in [0.15, 0.2) is 0 Å². The first kappa shape index (κ1) is 17.7. The van der Waals surface area contributed by atoms with Gasteiger partial charge in [-0.1, -0.05) is 13.0 Å². The lowest BCUT2D eigenvalue weighted by atomic mass is 9.99. The number of likely N-dealkylation sites (tertiary alicyclic amines) is 1. The molecule has 1 aromatic rings. The number of hydrogen-bond acceptors (Lipinski definition) is 3. The summed E-state index contributed by atoms with van der Waals surface area (Å²) in [5.41, 5.74) is 0.907. The topological polar surface area (TPSA) is 48.5 Å². The van der Waals surface area contributed by atoms with Crippen LogP contribution in [-0.4, -0.2) is 54.0 Å². The molecule has 1 aliphatic rings. The Kier molecular flexibility index (Phi) is 7.33. The Balaban J connectivity index is 1.54. The van der Waals surface area contributed by atoms with E-state index in [9.17, 15) is 4.79 Å². The van der Waals surface area contributed by atoms with Crippen molar-refractivity contribution in [3.63, 3.8) is 0 Å². The molecule has 0 atom stereocenters. The van der Waals surface area contributed by atoms with Crippen LogP contribution in [0, 0.1) is 5.92 Å². The van der Waals surface area contributed by atoms with Gasteiger partial charge in [-0.25, -0.2) is 4.79 Å². The van der Waals surface area contributed by atoms with Gasteiger partial charge in [-0.2, -0.15) is 0 Å². The number of nitrogens with zero attached hydrogens (tertiary/aromatic N) is 3. The van der Waals surface area contributed by atoms with Gasteiger partial charge in [-0.15, -0.1) is 0 Å². The Bertz CT molecular complexity index is 457. The molecule has 2 heterocycles. The van der Waals surface area contributed by atoms with Gasteiger partial charge in [0, 0.05) is 19.8 Å². The lowest BCUT2D eigenvalue weighted by molar-refractivity contribution is 0.188. The molecule has 1 aromatic heterocycles. The number of hydrogen-bond donors (Lipinski definition) is 1. The van der Waals surface area contributed by atoms with E-state index >= 15 is 0 Å². The highest BCUT2D eigenvalue weighted by Crippen LogP contribution is 2.16. The van der Waals surface area contributed by atoms with Crippen LogP contribution in [0.25, 0.3) is 0 Å². The maximum Gasteiger partial charge on any atom is 0.317 e. The molecule has 5 heteroatoms. The predicted octanol–water partition coefficient (Wildman–Crippen LogP) is 2.74. The minimum Gasteiger partial charge on any atom is -0.338 e. The molecule has 1 N–H and O–H groups in total. The van der Waals surface area contributed by atoms with Crippen molar-refractivity contribution in [3.05, 3.63) is 30.1 Å². The van der Waals surface area contributed by atoms with Gasteiger partial charge in [0.1, 0.15) is 0 Å². The van der Waals surface area contributed by atoms with E-state index in [1.54, 1.807) is 18.1 Å². The van der Waals surface area contributed by atoms with E-state index in [1.807, 2.05) is 18.2 Å². The van der Waals surface area contributed by atoms with Crippen LogP contribution < -0.4 is 5.32 Å². The SMILES string of the molecule is CC1CCN(CCCCNC(=O)N(C)Cc2ccccn2)CC1. The van der Waals surface area contributed by atoms with Gasteiger partial charge >= 0.3 is 6.03 Å². The summed E-state index contributed by atoms with van der Waals surface area (Å²) in [7, 11) is 1.80. The van der Waals surface area contributed by atoms with E-state index < -0.39 is 0 Å². The van der Waals surface area contributed by atoms with Crippen LogP contribution in [0.4, 0.5) is 4.79 Å². The quantitative estimate of drug-likeness (QED) is 0.787. The van der Waals surface area contributed by atoms with Gasteiger partial charge in [0.05, 0.1) is 12.2 Å². The van der Waals surface area contributed by atoms with Crippen molar-refractivity contribution in [1.29, 1.82) is 0 Å². The minimum absolute atomic E-state index is 0.0255. The van der Waals surface area contributed by atoms with Crippen molar-refractivity contribution >= 4 is 6.03 Å². The number of aromatic nitrogens is 1. The average Bonchev–Trinajstić information content (AvgIpc) is 2.57. The van der Waals surface area contributed by atoms with Crippen LogP contribution in [-0.2, 0) is 6.54 Å². The highest BCUT2D eigenvalue weighted by atomic mass is 16.2. The number of rotatable bonds is 7. The number of amides is 2. The van der Waals surface area contributed by atoms with E-state index in [0.29, 0.717) is 6.54 Å². The molecule has 23 heavy (non-hydrogen) atoms. The zero-order valence-electron chi connectivity index (χ0n) is 14.5. The van der Waals surface area contributed by atoms with E-state index in [0.717, 1.165) is 37.5 Å². The van der Waals surface area contributed by atoms with Gasteiger partial charge in [0.25, 0.3) is 0 Å². The molecule has 2 amide bonds. The third-order valence-corrected chi connectivity index (χ3v) is 4.53. The maximum atomic E-state index is 12.0. The normalized spacial score (nSPS) is 16.3. The molecule has 2 rings (SSSR count). The highest BCUT2D eigenvalue weighted by Gasteiger charge is 2.14. The van der Waals surface area contributed by atoms with Crippen LogP contribution >= 0.6 is 0 Å². The second-order valence-electron chi connectivity index (χ2n) is 6.64. The van der Waals surface area contributed by atoms with Crippen molar-refractivity contribution in [2.75, 3.05) is 33.2 Å². The standard InChI is InChI=1S/C18H30N4O/c1-16-8-13-22(14-9-16)12-6-5-11-20-18(23)21(2)15-17-7-3-4-10-19-17/h3-4,7,10,16H,5-6,8-9,11-15H2,1-2H3,(H,20,23). The minimum atomic E-state index is -0.0255. The Morgan fingerprint density at radius 3 is 2.83 bits per heavy atom. The van der Waals surface area contributed by atoms with Crippen LogP contribution in [0.3, 0.4) is 0 Å². The summed E-state index contributed by atoms with van der Waals surface area (Å²) in [6.07, 6.45) is 6.60. The number of urea groups is 1. The first-order valence-corrected chi connectivity index (χ1v) is 8.76. The summed E-state index contributed by atoms with van der Waals surface area (Å²) < 4.78 is 0. The average molecular weight is 318 g/mol. The predicted molar refractivity (Wildman–Crippen MR) is 93.2 cm³/mol. The zero-order chi connectivity index (χ0) is 16.5. The summed E-state index contributed by atoms with van der Waals surface area (Å²) in [6, 6.07) is 5.73. The Labute approximate surface area is 140 Å². The molecular formula is C18H30N4O. The molecule has 0 bridgehead atoms. The van der Waals surface area contributed by atoms with Gasteiger partial charge in [0.2, 0.25) is 0 Å². The Hall–Kier alpha value is -1.62. The molecule has 0 radical (unpaired) electrons. The summed E-state index contributed by atoms with van der Waals surface area (Å²) in [6.45, 7) is 7.26. The van der Waals surface area contributed by atoms with E-state index in [-0.39, 0.29) is 6.03 Å². The van der Waals surface area contributed by atoms with Crippen LogP contribution in [0.2, 0.25) is 0 Å². The number of carbonyl (C=O) groups excluding carboxylic acids is 1. The van der Waals surface area contributed by atoms with Gasteiger partial charge in [-0.05, 0) is 63.4 Å². The molecule has 1 saturated heterocycles. The smallest absolute Gasteiger partial charge is 0.317 e. The fourth-order valence-electron chi connectivity index (χ4n) is 2.88. The van der Waals surface area contributed by atoms with Crippen molar-refractivity contribution < 1.29 is 4.79 Å². The van der Waals surface area contributed by atoms with Crippen LogP contribution in [0.1, 0.15) is 38.3 Å². The maximum absolute atomic E-state index is 12.0. The van der Waals surface area contributed by atoms with Crippen LogP contribution in [0.5, 0.6) is 0 Å². The molecule has 0 aliphatic carbocycles. The first-order chi connectivity index (χ1) is 11.1. The number of piperidine rings is 1. The largest absolute Gasteiger partial charge is 0.338 e. The summed E-state index contributed by atoms with van der Waals surface area (Å²) in [5.74, 6) is 0.889. The Morgan fingerprint density at radius 1 is 1.35 bits per heavy atom. The van der Waals surface area contributed by atoms with E-state index in [1.165, 1.54) is 25.9 Å². The summed E-state index contributed by atoms with van der Waals surface area (Å²) in [5, 5.41) is 2.99. The number of nitrogens with one attached hydrogen (secondary N) is 1. The lowest BCUT2D eigenvalue weighted by Gasteiger charge is -2.30. The lowest BCUT2D eigenvalue weighted by Crippen LogP contribution is -2.38. The van der Waals surface area contributed by atoms with E-state index in [2.05, 4.69) is 22.1 Å². The molecule has 0 aromatic carbocycles. The first-order valence-electron chi connectivity index (χ1n) is 8.76. The monoisotopic (exact) mass is 318 g/mol. The molecule has 128 valence electrons. The molecular weight excluding hydrogens is 288 g/mol. The van der Waals surface area contributed by atoms with Crippen molar-refractivity contribution in [2.24, 2.45) is 5.92 Å². The van der Waals surface area contributed by atoms with Gasteiger partial charge < -0.3 is 15.1 Å². The molecule has 5 nitrogen and oxygen atoms in total. The van der Waals surface area contributed by atoms with Crippen molar-refractivity contribution in [3.8, 4) is 0 Å². The molecule has 0 saturated carbocycles. The molecule has 0 unspecified atom stereocenters. The molecule has 1 aliphatic heterocycles. The van der Waals surface area contributed by atoms with Crippen molar-refractivity contribution in [1.82, 2.24) is 20.1 Å². The third-order valence-electron chi connectivity index (χ3n) is 4.53. The summed E-state index contributed by atoms with van der Waals surface area (Å²) >= 11 is 0. The molecule has 0 spiro atoms. The third kappa shape index (κ3) is 6.57. The number of carbonyl (C=O) groups is 1. The van der Waals surface area contributed by atoms with Crippen LogP contribution in [0.15, 0.2) is 24.4 Å². The molecule has 1 fully saturated rings. The van der Waals surface area contributed by atoms with E-state index in [4.69, 9.17) is 0 Å². The second kappa shape index (κ2) is 9.50. The number of unbranched alkanes of at least 4 members (excludes halogenated alkanes) is 1. The second-order valence-corrected chi connectivity index (χ2v) is 6.64. The van der Waals surface area contributed by atoms with Gasteiger partial charge in [-0.3, -0.25) is 4.98 Å². The fourth-order valence-corrected chi connectivity index (χ4v) is 2.88. The number of pyridine rings is 1.